The highest BCUT2D eigenvalue weighted by Crippen LogP contribution is 2.41. The number of para-hydroxylation sites is 1. The van der Waals surface area contributed by atoms with E-state index in [1.807, 2.05) is 0 Å². The van der Waals surface area contributed by atoms with E-state index in [4.69, 9.17) is 18.9 Å². The van der Waals surface area contributed by atoms with Crippen molar-refractivity contribution in [2.24, 2.45) is 0 Å². The molecular weight excluding hydrogens is 438 g/mol. The quantitative estimate of drug-likeness (QED) is 0.326. The normalized spacial score (nSPS) is 13.8. The lowest BCUT2D eigenvalue weighted by Crippen LogP contribution is -2.39. The Morgan fingerprint density at radius 3 is 2.09 bits per heavy atom. The average molecular weight is 461 g/mol. The first kappa shape index (κ1) is 23.6. The number of nitro groups is 2. The minimum atomic E-state index is -0.895. The van der Waals surface area contributed by atoms with Gasteiger partial charge in [0.15, 0.2) is 11.5 Å². The molecule has 1 saturated heterocycles. The zero-order valence-electron chi connectivity index (χ0n) is 18.3. The molecule has 3 rings (SSSR count). The topological polar surface area (TPSA) is 144 Å². The SMILES string of the molecule is COC(=O)c1cc([N+](=O)[O-])cc([N+](=O)[O-])c1N1CCC(Oc2c(OC)cccc2OC)CC1. The maximum atomic E-state index is 12.3. The molecule has 176 valence electrons. The summed E-state index contributed by atoms with van der Waals surface area (Å²) in [5.41, 5.74) is -1.34. The molecule has 0 unspecified atom stereocenters. The molecule has 12 nitrogen and oxygen atoms in total. The van der Waals surface area contributed by atoms with Crippen LogP contribution in [-0.4, -0.2) is 56.3 Å². The first-order chi connectivity index (χ1) is 15.8. The number of anilines is 1. The summed E-state index contributed by atoms with van der Waals surface area (Å²) in [7, 11) is 4.15. The van der Waals surface area contributed by atoms with Gasteiger partial charge >= 0.3 is 5.97 Å². The van der Waals surface area contributed by atoms with Gasteiger partial charge < -0.3 is 23.8 Å². The van der Waals surface area contributed by atoms with Gasteiger partial charge in [-0.15, -0.1) is 0 Å². The summed E-state index contributed by atoms with van der Waals surface area (Å²) in [6, 6.07) is 7.11. The zero-order valence-corrected chi connectivity index (χ0v) is 18.3. The molecule has 0 bridgehead atoms. The highest BCUT2D eigenvalue weighted by Gasteiger charge is 2.34. The van der Waals surface area contributed by atoms with Gasteiger partial charge in [0, 0.05) is 32.0 Å². The van der Waals surface area contributed by atoms with E-state index in [0.717, 1.165) is 19.2 Å². The van der Waals surface area contributed by atoms with Gasteiger partial charge in [-0.25, -0.2) is 4.79 Å². The Morgan fingerprint density at radius 2 is 1.61 bits per heavy atom. The van der Waals surface area contributed by atoms with E-state index in [9.17, 15) is 25.0 Å². The van der Waals surface area contributed by atoms with Crippen LogP contribution in [0.4, 0.5) is 17.1 Å². The molecule has 0 spiro atoms. The molecular formula is C21H23N3O9. The third-order valence-corrected chi connectivity index (χ3v) is 5.31. The third kappa shape index (κ3) is 4.89. The largest absolute Gasteiger partial charge is 0.493 e. The lowest BCUT2D eigenvalue weighted by atomic mass is 10.0. The van der Waals surface area contributed by atoms with Crippen molar-refractivity contribution in [3.05, 3.63) is 56.1 Å². The van der Waals surface area contributed by atoms with Crippen molar-refractivity contribution in [1.29, 1.82) is 0 Å². The third-order valence-electron chi connectivity index (χ3n) is 5.31. The number of benzene rings is 2. The number of ether oxygens (including phenoxy) is 4. The first-order valence-corrected chi connectivity index (χ1v) is 9.98. The molecule has 1 fully saturated rings. The zero-order chi connectivity index (χ0) is 24.1. The molecule has 0 aromatic heterocycles. The summed E-state index contributed by atoms with van der Waals surface area (Å²) in [5, 5.41) is 22.9. The highest BCUT2D eigenvalue weighted by atomic mass is 16.6. The fourth-order valence-corrected chi connectivity index (χ4v) is 3.74. The molecule has 2 aromatic carbocycles. The number of esters is 1. The number of carbonyl (C=O) groups is 1. The Hall–Kier alpha value is -4.09. The number of non-ortho nitro benzene ring substituents is 1. The van der Waals surface area contributed by atoms with Crippen LogP contribution in [0.2, 0.25) is 0 Å². The number of nitro benzene ring substituents is 2. The highest BCUT2D eigenvalue weighted by molar-refractivity contribution is 5.99. The van der Waals surface area contributed by atoms with Crippen LogP contribution in [0.5, 0.6) is 17.2 Å². The lowest BCUT2D eigenvalue weighted by molar-refractivity contribution is -0.393. The summed E-state index contributed by atoms with van der Waals surface area (Å²) in [6.45, 7) is 0.621. The maximum absolute atomic E-state index is 12.3. The monoisotopic (exact) mass is 461 g/mol. The molecule has 0 atom stereocenters. The van der Waals surface area contributed by atoms with E-state index < -0.39 is 27.2 Å². The van der Waals surface area contributed by atoms with Gasteiger partial charge in [0.2, 0.25) is 5.75 Å². The fourth-order valence-electron chi connectivity index (χ4n) is 3.74. The maximum Gasteiger partial charge on any atom is 0.340 e. The van der Waals surface area contributed by atoms with Crippen LogP contribution in [0.3, 0.4) is 0 Å². The van der Waals surface area contributed by atoms with Gasteiger partial charge in [0.25, 0.3) is 11.4 Å². The molecule has 2 aromatic rings. The second kappa shape index (κ2) is 10.0. The molecule has 1 aliphatic heterocycles. The van der Waals surface area contributed by atoms with Crippen molar-refractivity contribution >= 4 is 23.0 Å². The van der Waals surface area contributed by atoms with Crippen LogP contribution >= 0.6 is 0 Å². The van der Waals surface area contributed by atoms with Crippen LogP contribution < -0.4 is 19.1 Å². The molecule has 0 N–H and O–H groups in total. The predicted molar refractivity (Wildman–Crippen MR) is 116 cm³/mol. The van der Waals surface area contributed by atoms with E-state index in [1.54, 1.807) is 23.1 Å². The Balaban J connectivity index is 1.88. The summed E-state index contributed by atoms with van der Waals surface area (Å²) in [5.74, 6) is 0.581. The number of hydrogen-bond acceptors (Lipinski definition) is 10. The van der Waals surface area contributed by atoms with Gasteiger partial charge in [-0.2, -0.15) is 0 Å². The number of rotatable bonds is 8. The van der Waals surface area contributed by atoms with E-state index >= 15 is 0 Å². The molecule has 0 aliphatic carbocycles. The van der Waals surface area contributed by atoms with Crippen molar-refractivity contribution in [3.63, 3.8) is 0 Å². The van der Waals surface area contributed by atoms with Crippen molar-refractivity contribution in [1.82, 2.24) is 0 Å². The molecule has 12 heteroatoms. The second-order valence-electron chi connectivity index (χ2n) is 7.16. The van der Waals surface area contributed by atoms with Crippen molar-refractivity contribution < 1.29 is 33.6 Å². The Kier molecular flexibility index (Phi) is 7.16. The summed E-state index contributed by atoms with van der Waals surface area (Å²) >= 11 is 0. The molecule has 1 heterocycles. The van der Waals surface area contributed by atoms with Crippen LogP contribution in [0.25, 0.3) is 0 Å². The van der Waals surface area contributed by atoms with E-state index in [1.165, 1.54) is 14.2 Å². The van der Waals surface area contributed by atoms with Crippen molar-refractivity contribution in [3.8, 4) is 17.2 Å². The molecule has 1 aliphatic rings. The fraction of sp³-hybridized carbons (Fsp3) is 0.381. The lowest BCUT2D eigenvalue weighted by Gasteiger charge is -2.34. The Labute approximate surface area is 188 Å². The minimum Gasteiger partial charge on any atom is -0.493 e. The smallest absolute Gasteiger partial charge is 0.340 e. The minimum absolute atomic E-state index is 0.00854. The number of piperidine rings is 1. The van der Waals surface area contributed by atoms with E-state index in [2.05, 4.69) is 0 Å². The van der Waals surface area contributed by atoms with Crippen LogP contribution in [0.15, 0.2) is 30.3 Å². The van der Waals surface area contributed by atoms with Gasteiger partial charge in [-0.05, 0) is 12.1 Å². The van der Waals surface area contributed by atoms with E-state index in [-0.39, 0.29) is 17.4 Å². The van der Waals surface area contributed by atoms with Crippen LogP contribution in [0.1, 0.15) is 23.2 Å². The first-order valence-electron chi connectivity index (χ1n) is 9.98. The summed E-state index contributed by atoms with van der Waals surface area (Å²) in [4.78, 5) is 35.4. The van der Waals surface area contributed by atoms with Crippen LogP contribution in [0, 0.1) is 20.2 Å². The number of hydrogen-bond donors (Lipinski definition) is 0. The van der Waals surface area contributed by atoms with Crippen molar-refractivity contribution in [2.45, 2.75) is 18.9 Å². The van der Waals surface area contributed by atoms with E-state index in [0.29, 0.717) is 43.2 Å². The van der Waals surface area contributed by atoms with Gasteiger partial charge in [0.1, 0.15) is 11.8 Å². The second-order valence-corrected chi connectivity index (χ2v) is 7.16. The van der Waals surface area contributed by atoms with Crippen molar-refractivity contribution in [2.75, 3.05) is 39.3 Å². The van der Waals surface area contributed by atoms with Gasteiger partial charge in [-0.3, -0.25) is 20.2 Å². The molecule has 0 saturated carbocycles. The standard InChI is InChI=1S/C21H23N3O9/c1-30-17-5-4-6-18(31-2)20(17)33-14-7-9-22(10-8-14)19-15(21(25)32-3)11-13(23(26)27)12-16(19)24(28)29/h4-6,11-12,14H,7-10H2,1-3H3. The number of nitrogens with zero attached hydrogens (tertiary/aromatic N) is 3. The van der Waals surface area contributed by atoms with Gasteiger partial charge in [-0.1, -0.05) is 6.07 Å². The van der Waals surface area contributed by atoms with Gasteiger partial charge in [0.05, 0.1) is 42.8 Å². The Morgan fingerprint density at radius 1 is 1.00 bits per heavy atom. The molecule has 0 radical (unpaired) electrons. The molecule has 0 amide bonds. The number of carbonyl (C=O) groups excluding carboxylic acids is 1. The van der Waals surface area contributed by atoms with Crippen LogP contribution in [-0.2, 0) is 4.74 Å². The summed E-state index contributed by atoms with van der Waals surface area (Å²) in [6.07, 6.45) is 0.691. The molecule has 33 heavy (non-hydrogen) atoms. The predicted octanol–water partition coefficient (Wildman–Crippen LogP) is 3.35. The number of methoxy groups -OCH3 is 3. The average Bonchev–Trinajstić information content (AvgIpc) is 2.83. The Bertz CT molecular complexity index is 1040. The summed E-state index contributed by atoms with van der Waals surface area (Å²) < 4.78 is 21.5.